The van der Waals surface area contributed by atoms with Gasteiger partial charge < -0.3 is 20.7 Å². The molecule has 2 amide bonds. The summed E-state index contributed by atoms with van der Waals surface area (Å²) in [6.45, 7) is 1.55. The van der Waals surface area contributed by atoms with Gasteiger partial charge in [0.2, 0.25) is 0 Å². The lowest BCUT2D eigenvalue weighted by molar-refractivity contribution is 0.102. The Morgan fingerprint density at radius 1 is 1.36 bits per heavy atom. The molecule has 144 valence electrons. The van der Waals surface area contributed by atoms with Crippen LogP contribution < -0.4 is 15.8 Å². The summed E-state index contributed by atoms with van der Waals surface area (Å²) < 4.78 is 5.21. The first-order valence-electron chi connectivity index (χ1n) is 8.35. The average Bonchev–Trinajstić information content (AvgIpc) is 3.28. The van der Waals surface area contributed by atoms with E-state index in [0.717, 1.165) is 23.5 Å². The molecule has 0 radical (unpaired) electrons. The number of primary amides is 1. The summed E-state index contributed by atoms with van der Waals surface area (Å²) in [6, 6.07) is 0. The van der Waals surface area contributed by atoms with Crippen molar-refractivity contribution in [3.63, 3.8) is 0 Å². The number of likely N-dealkylation sites (N-methyl/N-ethyl adjacent to an activating group) is 1. The van der Waals surface area contributed by atoms with Gasteiger partial charge in [-0.25, -0.2) is 9.78 Å². The van der Waals surface area contributed by atoms with Crippen LogP contribution in [0, 0.1) is 0 Å². The maximum Gasteiger partial charge on any atom is 0.410 e. The summed E-state index contributed by atoms with van der Waals surface area (Å²) in [5.41, 5.74) is 6.98. The number of thiazole rings is 1. The van der Waals surface area contributed by atoms with Crippen LogP contribution in [0.1, 0.15) is 20.9 Å². The van der Waals surface area contributed by atoms with Crippen molar-refractivity contribution in [2.75, 3.05) is 18.9 Å². The minimum Gasteiger partial charge on any atom is -0.407 e. The minimum atomic E-state index is -0.909. The van der Waals surface area contributed by atoms with Crippen LogP contribution in [0.2, 0.25) is 0 Å². The third kappa shape index (κ3) is 3.72. The number of carbonyl (C=O) groups excluding carboxylic acids is 2. The Labute approximate surface area is 168 Å². The van der Waals surface area contributed by atoms with E-state index < -0.39 is 12.0 Å². The molecule has 9 nitrogen and oxygen atoms in total. The molecule has 4 rings (SSSR count). The maximum atomic E-state index is 12.7. The molecular weight excluding hydrogens is 400 g/mol. The van der Waals surface area contributed by atoms with Crippen LogP contribution in [0.4, 0.5) is 9.80 Å². The lowest BCUT2D eigenvalue weighted by atomic mass is 10.1. The number of amides is 2. The van der Waals surface area contributed by atoms with E-state index in [1.807, 2.05) is 7.05 Å². The molecule has 3 N–H and O–H groups in total. The molecule has 0 saturated heterocycles. The molecule has 0 aliphatic carbocycles. The van der Waals surface area contributed by atoms with Crippen LogP contribution in [0.15, 0.2) is 24.0 Å². The van der Waals surface area contributed by atoms with Crippen LogP contribution in [0.3, 0.4) is 0 Å². The normalized spacial score (nSPS) is 13.8. The first-order chi connectivity index (χ1) is 13.5. The largest absolute Gasteiger partial charge is 0.410 e. The summed E-state index contributed by atoms with van der Waals surface area (Å²) >= 11 is 2.68. The van der Waals surface area contributed by atoms with E-state index in [9.17, 15) is 9.59 Å². The monoisotopic (exact) mass is 416 g/mol. The number of nitrogens with two attached hydrogens (primary N) is 1. The number of ether oxygens (including phenoxy) is 1. The maximum absolute atomic E-state index is 12.7. The van der Waals surface area contributed by atoms with Crippen molar-refractivity contribution >= 4 is 39.7 Å². The first-order valence-corrected chi connectivity index (χ1v) is 10.0. The number of rotatable bonds is 4. The summed E-state index contributed by atoms with van der Waals surface area (Å²) in [6.07, 6.45) is 4.53. The first kappa shape index (κ1) is 18.5. The number of hydrogen-bond acceptors (Lipinski definition) is 9. The fraction of sp³-hybridized carbons (Fsp3) is 0.235. The number of fused-ring (bicyclic) bond motifs is 1. The van der Waals surface area contributed by atoms with Gasteiger partial charge in [0, 0.05) is 41.3 Å². The lowest BCUT2D eigenvalue weighted by Gasteiger charge is -2.22. The van der Waals surface area contributed by atoms with E-state index >= 15 is 0 Å². The third-order valence-corrected chi connectivity index (χ3v) is 6.13. The van der Waals surface area contributed by atoms with E-state index in [0.29, 0.717) is 27.9 Å². The van der Waals surface area contributed by atoms with E-state index in [-0.39, 0.29) is 5.69 Å². The highest BCUT2D eigenvalue weighted by Crippen LogP contribution is 2.43. The van der Waals surface area contributed by atoms with Gasteiger partial charge in [-0.2, -0.15) is 0 Å². The third-order valence-electron chi connectivity index (χ3n) is 4.15. The van der Waals surface area contributed by atoms with Gasteiger partial charge in [0.25, 0.3) is 5.91 Å². The fourth-order valence-corrected chi connectivity index (χ4v) is 4.88. The van der Waals surface area contributed by atoms with Crippen molar-refractivity contribution < 1.29 is 14.3 Å². The number of anilines is 1. The fourth-order valence-electron chi connectivity index (χ4n) is 2.87. The van der Waals surface area contributed by atoms with Gasteiger partial charge >= 0.3 is 6.09 Å². The highest BCUT2D eigenvalue weighted by molar-refractivity contribution is 7.17. The van der Waals surface area contributed by atoms with Crippen molar-refractivity contribution in [3.8, 4) is 16.5 Å². The predicted molar refractivity (Wildman–Crippen MR) is 106 cm³/mol. The van der Waals surface area contributed by atoms with Crippen LogP contribution >= 0.6 is 22.7 Å². The quantitative estimate of drug-likeness (QED) is 0.669. The van der Waals surface area contributed by atoms with Crippen molar-refractivity contribution in [2.24, 2.45) is 5.73 Å². The van der Waals surface area contributed by atoms with Crippen molar-refractivity contribution in [1.29, 1.82) is 0 Å². The Kier molecular flexibility index (Phi) is 5.03. The van der Waals surface area contributed by atoms with Gasteiger partial charge in [0.15, 0.2) is 5.75 Å². The molecular formula is C17H16N6O3S2. The summed E-state index contributed by atoms with van der Waals surface area (Å²) in [7, 11) is 2.01. The second-order valence-electron chi connectivity index (χ2n) is 6.15. The van der Waals surface area contributed by atoms with E-state index in [1.54, 1.807) is 24.0 Å². The zero-order valence-corrected chi connectivity index (χ0v) is 16.5. The number of aromatic nitrogens is 3. The van der Waals surface area contributed by atoms with E-state index in [2.05, 4.69) is 25.2 Å². The molecule has 3 aromatic rings. The van der Waals surface area contributed by atoms with Crippen LogP contribution in [0.25, 0.3) is 10.7 Å². The highest BCUT2D eigenvalue weighted by atomic mass is 32.1. The van der Waals surface area contributed by atoms with Crippen molar-refractivity contribution in [2.45, 2.75) is 13.0 Å². The van der Waals surface area contributed by atoms with Crippen LogP contribution in [-0.2, 0) is 13.0 Å². The molecule has 11 heteroatoms. The van der Waals surface area contributed by atoms with Gasteiger partial charge in [0.1, 0.15) is 21.4 Å². The zero-order valence-electron chi connectivity index (χ0n) is 14.8. The predicted octanol–water partition coefficient (Wildman–Crippen LogP) is 2.36. The van der Waals surface area contributed by atoms with Gasteiger partial charge in [-0.3, -0.25) is 14.8 Å². The number of hydrogen-bond donors (Lipinski definition) is 2. The zero-order chi connectivity index (χ0) is 19.7. The standard InChI is InChI=1S/C17H16N6O3S2/c1-23-5-2-9-12(7-23)28-16(13(9)26-17(18)25)22-14(24)11-8-27-15(21-11)10-6-19-3-4-20-10/h3-4,6,8H,2,5,7H2,1H3,(H2,18,25)(H,22,24). The van der Waals surface area contributed by atoms with Crippen LogP contribution in [0.5, 0.6) is 5.75 Å². The molecule has 0 spiro atoms. The SMILES string of the molecule is CN1CCc2c(sc(NC(=O)c3csc(-c4cnccn4)n3)c2OC(N)=O)C1. The smallest absolute Gasteiger partial charge is 0.407 e. The van der Waals surface area contributed by atoms with Crippen molar-refractivity contribution in [3.05, 3.63) is 40.1 Å². The van der Waals surface area contributed by atoms with Gasteiger partial charge in [-0.05, 0) is 13.5 Å². The Morgan fingerprint density at radius 2 is 2.21 bits per heavy atom. The number of nitrogens with one attached hydrogen (secondary N) is 1. The summed E-state index contributed by atoms with van der Waals surface area (Å²) in [5, 5.41) is 5.51. The number of nitrogens with zero attached hydrogens (tertiary/aromatic N) is 4. The molecule has 0 bridgehead atoms. The average molecular weight is 416 g/mol. The molecule has 28 heavy (non-hydrogen) atoms. The highest BCUT2D eigenvalue weighted by Gasteiger charge is 2.27. The van der Waals surface area contributed by atoms with Gasteiger partial charge in [0.05, 0.1) is 6.20 Å². The minimum absolute atomic E-state index is 0.249. The van der Waals surface area contributed by atoms with Gasteiger partial charge in [-0.15, -0.1) is 22.7 Å². The van der Waals surface area contributed by atoms with E-state index in [4.69, 9.17) is 10.5 Å². The second-order valence-corrected chi connectivity index (χ2v) is 8.12. The molecule has 0 unspecified atom stereocenters. The Balaban J connectivity index is 1.59. The summed E-state index contributed by atoms with van der Waals surface area (Å²) in [5.74, 6) is -0.0639. The Bertz CT molecular complexity index is 1030. The molecule has 0 atom stereocenters. The lowest BCUT2D eigenvalue weighted by Crippen LogP contribution is -2.26. The number of carbonyl (C=O) groups is 2. The molecule has 0 aromatic carbocycles. The molecule has 1 aliphatic heterocycles. The molecule has 0 fully saturated rings. The van der Waals surface area contributed by atoms with Crippen LogP contribution in [-0.4, -0.2) is 45.4 Å². The molecule has 1 aliphatic rings. The molecule has 4 heterocycles. The Morgan fingerprint density at radius 3 is 2.96 bits per heavy atom. The summed E-state index contributed by atoms with van der Waals surface area (Å²) in [4.78, 5) is 39.8. The molecule has 3 aromatic heterocycles. The molecule has 0 saturated carbocycles. The number of thiophene rings is 1. The topological polar surface area (TPSA) is 123 Å². The second kappa shape index (κ2) is 7.62. The van der Waals surface area contributed by atoms with E-state index in [1.165, 1.54) is 22.7 Å². The van der Waals surface area contributed by atoms with Gasteiger partial charge in [-0.1, -0.05) is 0 Å². The van der Waals surface area contributed by atoms with Crippen molar-refractivity contribution in [1.82, 2.24) is 19.9 Å². The Hall–Kier alpha value is -2.89.